The van der Waals surface area contributed by atoms with Gasteiger partial charge in [0.15, 0.2) is 11.5 Å². The second-order valence-corrected chi connectivity index (χ2v) is 11.0. The Labute approximate surface area is 115 Å². The fourth-order valence-electron chi connectivity index (χ4n) is 1.21. The molecule has 3 nitrogen and oxygen atoms in total. The van der Waals surface area contributed by atoms with E-state index >= 15 is 0 Å². The van der Waals surface area contributed by atoms with Gasteiger partial charge in [0.1, 0.15) is 5.75 Å². The monoisotopic (exact) mass is 288 g/mol. The molecule has 0 amide bonds. The number of aromatic hydroxyl groups is 1. The third-order valence-corrected chi connectivity index (χ3v) is 7.99. The van der Waals surface area contributed by atoms with Crippen LogP contribution in [0.25, 0.3) is 0 Å². The van der Waals surface area contributed by atoms with Crippen LogP contribution in [0.2, 0.25) is 23.2 Å². The average Bonchev–Trinajstić information content (AvgIpc) is 2.19. The lowest BCUT2D eigenvalue weighted by molar-refractivity contribution is 0.380. The summed E-state index contributed by atoms with van der Waals surface area (Å²) in [5.74, 6) is 1.05. The maximum Gasteiger partial charge on any atom is 0.250 e. The van der Waals surface area contributed by atoms with Crippen LogP contribution in [-0.4, -0.2) is 20.5 Å². The van der Waals surface area contributed by atoms with Crippen LogP contribution in [0.15, 0.2) is 12.1 Å². The standard InChI is InChI=1S/C13H21ClO3Si/c1-13(2,3)18(5,6)17-12-10(14)7-9(15)8-11(12)16-4/h7-8,15H,1-6H3. The molecule has 0 aliphatic carbocycles. The van der Waals surface area contributed by atoms with E-state index in [9.17, 15) is 5.11 Å². The van der Waals surface area contributed by atoms with Gasteiger partial charge in [0.05, 0.1) is 12.1 Å². The van der Waals surface area contributed by atoms with Gasteiger partial charge in [0, 0.05) is 12.1 Å². The maximum absolute atomic E-state index is 9.50. The molecule has 1 aromatic carbocycles. The summed E-state index contributed by atoms with van der Waals surface area (Å²) in [6.45, 7) is 10.7. The minimum absolute atomic E-state index is 0.0687. The van der Waals surface area contributed by atoms with E-state index in [0.29, 0.717) is 16.5 Å². The van der Waals surface area contributed by atoms with Gasteiger partial charge in [-0.3, -0.25) is 0 Å². The first-order chi connectivity index (χ1) is 8.08. The molecule has 1 rings (SSSR count). The Morgan fingerprint density at radius 1 is 1.22 bits per heavy atom. The smallest absolute Gasteiger partial charge is 0.250 e. The van der Waals surface area contributed by atoms with E-state index in [4.69, 9.17) is 20.8 Å². The Kier molecular flexibility index (Phi) is 4.23. The Balaban J connectivity index is 3.19. The van der Waals surface area contributed by atoms with Crippen LogP contribution in [0.3, 0.4) is 0 Å². The second-order valence-electron chi connectivity index (χ2n) is 5.82. The van der Waals surface area contributed by atoms with E-state index in [1.807, 2.05) is 0 Å². The average molecular weight is 289 g/mol. The van der Waals surface area contributed by atoms with Gasteiger partial charge in [-0.2, -0.15) is 0 Å². The number of benzene rings is 1. The first-order valence-electron chi connectivity index (χ1n) is 5.84. The molecule has 0 heterocycles. The fourth-order valence-corrected chi connectivity index (χ4v) is 2.55. The van der Waals surface area contributed by atoms with Gasteiger partial charge in [-0.25, -0.2) is 0 Å². The van der Waals surface area contributed by atoms with Gasteiger partial charge in [0.2, 0.25) is 0 Å². The van der Waals surface area contributed by atoms with Gasteiger partial charge in [-0.05, 0) is 18.1 Å². The van der Waals surface area contributed by atoms with Crippen LogP contribution < -0.4 is 9.16 Å². The van der Waals surface area contributed by atoms with Crippen molar-refractivity contribution in [1.29, 1.82) is 0 Å². The van der Waals surface area contributed by atoms with Crippen LogP contribution in [0.1, 0.15) is 20.8 Å². The molecular weight excluding hydrogens is 268 g/mol. The Bertz CT molecular complexity index is 439. The van der Waals surface area contributed by atoms with E-state index < -0.39 is 8.32 Å². The molecule has 5 heteroatoms. The van der Waals surface area contributed by atoms with Gasteiger partial charge < -0.3 is 14.3 Å². The molecule has 1 N–H and O–H groups in total. The van der Waals surface area contributed by atoms with Crippen molar-refractivity contribution in [3.63, 3.8) is 0 Å². The lowest BCUT2D eigenvalue weighted by Crippen LogP contribution is -2.44. The largest absolute Gasteiger partial charge is 0.540 e. The molecular formula is C13H21ClO3Si. The Morgan fingerprint density at radius 2 is 1.78 bits per heavy atom. The van der Waals surface area contributed by atoms with Gasteiger partial charge >= 0.3 is 0 Å². The number of ether oxygens (including phenoxy) is 1. The Morgan fingerprint density at radius 3 is 2.22 bits per heavy atom. The van der Waals surface area contributed by atoms with E-state index in [-0.39, 0.29) is 10.8 Å². The van der Waals surface area contributed by atoms with Crippen LogP contribution in [0.5, 0.6) is 17.2 Å². The number of phenols is 1. The molecule has 0 bridgehead atoms. The van der Waals surface area contributed by atoms with Crippen molar-refractivity contribution in [2.75, 3.05) is 7.11 Å². The molecule has 0 fully saturated rings. The minimum atomic E-state index is -1.99. The fraction of sp³-hybridized carbons (Fsp3) is 0.538. The van der Waals surface area contributed by atoms with Crippen molar-refractivity contribution in [1.82, 2.24) is 0 Å². The topological polar surface area (TPSA) is 38.7 Å². The zero-order chi connectivity index (χ0) is 14.1. The first kappa shape index (κ1) is 15.2. The van der Waals surface area contributed by atoms with Crippen molar-refractivity contribution < 1.29 is 14.3 Å². The van der Waals surface area contributed by atoms with Crippen molar-refractivity contribution in [3.8, 4) is 17.2 Å². The number of hydrogen-bond donors (Lipinski definition) is 1. The summed E-state index contributed by atoms with van der Waals surface area (Å²) in [5.41, 5.74) is 0. The highest BCUT2D eigenvalue weighted by atomic mass is 35.5. The first-order valence-corrected chi connectivity index (χ1v) is 9.12. The van der Waals surface area contributed by atoms with Crippen molar-refractivity contribution in [2.45, 2.75) is 38.9 Å². The minimum Gasteiger partial charge on any atom is -0.540 e. The summed E-state index contributed by atoms with van der Waals surface area (Å²) < 4.78 is 11.4. The number of phenolic OH excluding ortho intramolecular Hbond substituents is 1. The molecule has 0 radical (unpaired) electrons. The number of hydrogen-bond acceptors (Lipinski definition) is 3. The number of halogens is 1. The summed E-state index contributed by atoms with van der Waals surface area (Å²) in [6.07, 6.45) is 0. The highest BCUT2D eigenvalue weighted by Crippen LogP contribution is 2.44. The van der Waals surface area contributed by atoms with E-state index in [1.165, 1.54) is 19.2 Å². The van der Waals surface area contributed by atoms with Crippen molar-refractivity contribution in [2.24, 2.45) is 0 Å². The molecule has 0 aliphatic heterocycles. The lowest BCUT2D eigenvalue weighted by Gasteiger charge is -2.37. The van der Waals surface area contributed by atoms with Crippen LogP contribution >= 0.6 is 11.6 Å². The number of rotatable bonds is 3. The zero-order valence-corrected chi connectivity index (χ0v) is 13.6. The zero-order valence-electron chi connectivity index (χ0n) is 11.8. The highest BCUT2D eigenvalue weighted by Gasteiger charge is 2.40. The van der Waals surface area contributed by atoms with E-state index in [0.717, 1.165) is 0 Å². The van der Waals surface area contributed by atoms with E-state index in [2.05, 4.69) is 33.9 Å². The van der Waals surface area contributed by atoms with Crippen LogP contribution in [0, 0.1) is 0 Å². The van der Waals surface area contributed by atoms with Gasteiger partial charge in [-0.15, -0.1) is 0 Å². The molecule has 0 unspecified atom stereocenters. The molecule has 0 atom stereocenters. The number of methoxy groups -OCH3 is 1. The summed E-state index contributed by atoms with van der Waals surface area (Å²) in [5, 5.41) is 9.94. The molecule has 0 saturated carbocycles. The van der Waals surface area contributed by atoms with Gasteiger partial charge in [0.25, 0.3) is 8.32 Å². The van der Waals surface area contributed by atoms with E-state index in [1.54, 1.807) is 0 Å². The summed E-state index contributed by atoms with van der Waals surface area (Å²) in [6, 6.07) is 2.97. The van der Waals surface area contributed by atoms with Crippen LogP contribution in [-0.2, 0) is 0 Å². The maximum atomic E-state index is 9.50. The lowest BCUT2D eigenvalue weighted by atomic mass is 10.2. The summed E-state index contributed by atoms with van der Waals surface area (Å²) in [7, 11) is -0.457. The molecule has 18 heavy (non-hydrogen) atoms. The highest BCUT2D eigenvalue weighted by molar-refractivity contribution is 6.74. The molecule has 0 saturated heterocycles. The third-order valence-electron chi connectivity index (χ3n) is 3.38. The quantitative estimate of drug-likeness (QED) is 0.836. The molecule has 0 spiro atoms. The van der Waals surface area contributed by atoms with Crippen molar-refractivity contribution in [3.05, 3.63) is 17.2 Å². The van der Waals surface area contributed by atoms with Crippen molar-refractivity contribution >= 4 is 19.9 Å². The summed E-state index contributed by atoms with van der Waals surface area (Å²) in [4.78, 5) is 0. The SMILES string of the molecule is COc1cc(O)cc(Cl)c1O[Si](C)(C)C(C)(C)C. The molecule has 0 aliphatic rings. The summed E-state index contributed by atoms with van der Waals surface area (Å²) >= 11 is 6.13. The normalized spacial score (nSPS) is 12.4. The molecule has 102 valence electrons. The third kappa shape index (κ3) is 3.12. The van der Waals surface area contributed by atoms with Crippen LogP contribution in [0.4, 0.5) is 0 Å². The van der Waals surface area contributed by atoms with Gasteiger partial charge in [-0.1, -0.05) is 32.4 Å². The second kappa shape index (κ2) is 5.01. The predicted octanol–water partition coefficient (Wildman–Crippen LogP) is 4.44. The predicted molar refractivity (Wildman–Crippen MR) is 77.5 cm³/mol. The molecule has 0 aromatic heterocycles. The Hall–Kier alpha value is -0.873. The molecule has 1 aromatic rings.